The van der Waals surface area contributed by atoms with Gasteiger partial charge in [-0.15, -0.1) is 0 Å². The molecule has 0 saturated heterocycles. The smallest absolute Gasteiger partial charge is 0.101 e. The Labute approximate surface area is 132 Å². The summed E-state index contributed by atoms with van der Waals surface area (Å²) in [6.45, 7) is 2.06. The number of aromatic nitrogens is 1. The monoisotopic (exact) mass is 341 g/mol. The lowest BCUT2D eigenvalue weighted by atomic mass is 10.0. The molecular formula is C18H16BrNO. The van der Waals surface area contributed by atoms with Crippen LogP contribution in [0, 0.1) is 6.92 Å². The molecule has 1 heterocycles. The standard InChI is InChI=1S/C18H16BrNO/c1-12-6-8-13(9-7-12)10-17(21)18-15(19)11-14-4-2-3-5-16(14)20-18/h2-9,11,17,21H,10H2,1H3. The second-order valence-electron chi connectivity index (χ2n) is 5.25. The van der Waals surface area contributed by atoms with Gasteiger partial charge < -0.3 is 5.11 Å². The largest absolute Gasteiger partial charge is 0.386 e. The van der Waals surface area contributed by atoms with E-state index in [4.69, 9.17) is 0 Å². The molecule has 0 fully saturated rings. The summed E-state index contributed by atoms with van der Waals surface area (Å²) in [7, 11) is 0. The molecule has 2 nitrogen and oxygen atoms in total. The van der Waals surface area contributed by atoms with Crippen LogP contribution in [0.25, 0.3) is 10.9 Å². The lowest BCUT2D eigenvalue weighted by Gasteiger charge is -2.13. The summed E-state index contributed by atoms with van der Waals surface area (Å²) in [6.07, 6.45) is -0.0591. The van der Waals surface area contributed by atoms with Crippen molar-refractivity contribution in [3.63, 3.8) is 0 Å². The molecule has 3 rings (SSSR count). The van der Waals surface area contributed by atoms with E-state index in [2.05, 4.69) is 40.0 Å². The molecule has 3 aromatic rings. The van der Waals surface area contributed by atoms with Crippen LogP contribution in [0.1, 0.15) is 22.9 Å². The highest BCUT2D eigenvalue weighted by atomic mass is 79.9. The highest BCUT2D eigenvalue weighted by Crippen LogP contribution is 2.28. The molecule has 0 aliphatic carbocycles. The van der Waals surface area contributed by atoms with E-state index in [-0.39, 0.29) is 0 Å². The van der Waals surface area contributed by atoms with E-state index in [1.54, 1.807) is 0 Å². The SMILES string of the molecule is Cc1ccc(CC(O)c2nc3ccccc3cc2Br)cc1. The van der Waals surface area contributed by atoms with E-state index < -0.39 is 6.10 Å². The summed E-state index contributed by atoms with van der Waals surface area (Å²) in [4.78, 5) is 4.59. The number of para-hydroxylation sites is 1. The van der Waals surface area contributed by atoms with Crippen LogP contribution in [-0.2, 0) is 6.42 Å². The van der Waals surface area contributed by atoms with Gasteiger partial charge in [0, 0.05) is 16.3 Å². The Hall–Kier alpha value is -1.71. The first-order chi connectivity index (χ1) is 10.1. The number of aryl methyl sites for hydroxylation is 1. The van der Waals surface area contributed by atoms with Crippen LogP contribution in [0.15, 0.2) is 59.1 Å². The fourth-order valence-corrected chi connectivity index (χ4v) is 2.98. The third-order valence-corrected chi connectivity index (χ3v) is 4.21. The second kappa shape index (κ2) is 5.96. The van der Waals surface area contributed by atoms with Crippen LogP contribution in [0.4, 0.5) is 0 Å². The Morgan fingerprint density at radius 3 is 2.57 bits per heavy atom. The number of benzene rings is 2. The molecule has 0 saturated carbocycles. The molecule has 0 aliphatic heterocycles. The summed E-state index contributed by atoms with van der Waals surface area (Å²) >= 11 is 3.52. The van der Waals surface area contributed by atoms with Crippen molar-refractivity contribution in [1.29, 1.82) is 0 Å². The van der Waals surface area contributed by atoms with E-state index >= 15 is 0 Å². The molecule has 1 aromatic heterocycles. The fourth-order valence-electron chi connectivity index (χ4n) is 2.38. The van der Waals surface area contributed by atoms with Crippen LogP contribution in [-0.4, -0.2) is 10.1 Å². The van der Waals surface area contributed by atoms with Gasteiger partial charge in [0.05, 0.1) is 11.2 Å². The van der Waals surface area contributed by atoms with Crippen molar-refractivity contribution in [2.75, 3.05) is 0 Å². The van der Waals surface area contributed by atoms with Gasteiger partial charge in [-0.1, -0.05) is 48.0 Å². The van der Waals surface area contributed by atoms with E-state index in [9.17, 15) is 5.11 Å². The van der Waals surface area contributed by atoms with Crippen molar-refractivity contribution in [2.45, 2.75) is 19.4 Å². The Morgan fingerprint density at radius 2 is 1.81 bits per heavy atom. The average Bonchev–Trinajstić information content (AvgIpc) is 2.49. The minimum Gasteiger partial charge on any atom is -0.386 e. The molecule has 1 N–H and O–H groups in total. The quantitative estimate of drug-likeness (QED) is 0.756. The van der Waals surface area contributed by atoms with Crippen molar-refractivity contribution in [2.24, 2.45) is 0 Å². The fraction of sp³-hybridized carbons (Fsp3) is 0.167. The first-order valence-electron chi connectivity index (χ1n) is 6.92. The number of halogens is 1. The van der Waals surface area contributed by atoms with Crippen LogP contribution in [0.3, 0.4) is 0 Å². The number of hydrogen-bond acceptors (Lipinski definition) is 2. The third kappa shape index (κ3) is 3.14. The first-order valence-corrected chi connectivity index (χ1v) is 7.71. The summed E-state index contributed by atoms with van der Waals surface area (Å²) in [5.41, 5.74) is 3.92. The van der Waals surface area contributed by atoms with E-state index in [1.807, 2.05) is 42.5 Å². The number of hydrogen-bond donors (Lipinski definition) is 1. The van der Waals surface area contributed by atoms with Crippen LogP contribution >= 0.6 is 15.9 Å². The summed E-state index contributed by atoms with van der Waals surface area (Å²) in [6, 6.07) is 18.2. The molecule has 0 aliphatic rings. The minimum absolute atomic E-state index is 0.560. The van der Waals surface area contributed by atoms with Gasteiger partial charge in [-0.2, -0.15) is 0 Å². The maximum Gasteiger partial charge on any atom is 0.101 e. The molecule has 2 aromatic carbocycles. The molecule has 21 heavy (non-hydrogen) atoms. The van der Waals surface area contributed by atoms with E-state index in [0.717, 1.165) is 20.9 Å². The number of fused-ring (bicyclic) bond motifs is 1. The summed E-state index contributed by atoms with van der Waals surface area (Å²) in [5, 5.41) is 11.6. The van der Waals surface area contributed by atoms with Gasteiger partial charge in [-0.3, -0.25) is 0 Å². The van der Waals surface area contributed by atoms with Crippen molar-refractivity contribution in [3.05, 3.63) is 75.9 Å². The lowest BCUT2D eigenvalue weighted by Crippen LogP contribution is -2.05. The zero-order chi connectivity index (χ0) is 14.8. The van der Waals surface area contributed by atoms with Gasteiger partial charge in [-0.25, -0.2) is 4.98 Å². The zero-order valence-electron chi connectivity index (χ0n) is 11.8. The molecule has 0 radical (unpaired) electrons. The number of nitrogens with zero attached hydrogens (tertiary/aromatic N) is 1. The molecule has 0 amide bonds. The minimum atomic E-state index is -0.619. The number of aliphatic hydroxyl groups is 1. The van der Waals surface area contributed by atoms with Crippen molar-refractivity contribution in [1.82, 2.24) is 4.98 Å². The third-order valence-electron chi connectivity index (χ3n) is 3.57. The molecule has 1 atom stereocenters. The predicted molar refractivity (Wildman–Crippen MR) is 89.3 cm³/mol. The van der Waals surface area contributed by atoms with Gasteiger partial charge in [0.1, 0.15) is 6.10 Å². The van der Waals surface area contributed by atoms with Crippen LogP contribution in [0.2, 0.25) is 0 Å². The molecule has 0 spiro atoms. The summed E-state index contributed by atoms with van der Waals surface area (Å²) in [5.74, 6) is 0. The molecule has 3 heteroatoms. The van der Waals surface area contributed by atoms with Gasteiger partial charge in [0.25, 0.3) is 0 Å². The van der Waals surface area contributed by atoms with Gasteiger partial charge in [0.2, 0.25) is 0 Å². The second-order valence-corrected chi connectivity index (χ2v) is 6.11. The number of pyridine rings is 1. The highest BCUT2D eigenvalue weighted by molar-refractivity contribution is 9.10. The Kier molecular flexibility index (Phi) is 4.04. The predicted octanol–water partition coefficient (Wildman–Crippen LogP) is 4.58. The average molecular weight is 342 g/mol. The summed E-state index contributed by atoms with van der Waals surface area (Å²) < 4.78 is 0.848. The number of rotatable bonds is 3. The van der Waals surface area contributed by atoms with Crippen molar-refractivity contribution in [3.8, 4) is 0 Å². The lowest BCUT2D eigenvalue weighted by molar-refractivity contribution is 0.173. The highest BCUT2D eigenvalue weighted by Gasteiger charge is 2.15. The molecule has 1 unspecified atom stereocenters. The normalized spacial score (nSPS) is 12.5. The van der Waals surface area contributed by atoms with Crippen molar-refractivity contribution < 1.29 is 5.11 Å². The zero-order valence-corrected chi connectivity index (χ0v) is 13.3. The van der Waals surface area contributed by atoms with Crippen LogP contribution in [0.5, 0.6) is 0 Å². The Morgan fingerprint density at radius 1 is 1.10 bits per heavy atom. The Bertz CT molecular complexity index is 768. The Balaban J connectivity index is 1.91. The molecule has 106 valence electrons. The maximum absolute atomic E-state index is 10.5. The number of aliphatic hydroxyl groups excluding tert-OH is 1. The van der Waals surface area contributed by atoms with Crippen molar-refractivity contribution >= 4 is 26.8 Å². The van der Waals surface area contributed by atoms with E-state index in [0.29, 0.717) is 12.1 Å². The van der Waals surface area contributed by atoms with Gasteiger partial charge in [-0.05, 0) is 40.5 Å². The van der Waals surface area contributed by atoms with Crippen LogP contribution < -0.4 is 0 Å². The van der Waals surface area contributed by atoms with Gasteiger partial charge >= 0.3 is 0 Å². The van der Waals surface area contributed by atoms with E-state index in [1.165, 1.54) is 5.56 Å². The van der Waals surface area contributed by atoms with Gasteiger partial charge in [0.15, 0.2) is 0 Å². The maximum atomic E-state index is 10.5. The first kappa shape index (κ1) is 14.2. The molecule has 0 bridgehead atoms. The topological polar surface area (TPSA) is 33.1 Å². The molecular weight excluding hydrogens is 326 g/mol.